The highest BCUT2D eigenvalue weighted by atomic mass is 79.9. The maximum atomic E-state index is 12.0. The first-order valence-electron chi connectivity index (χ1n) is 6.73. The highest BCUT2D eigenvalue weighted by Gasteiger charge is 2.11. The molecule has 1 unspecified atom stereocenters. The van der Waals surface area contributed by atoms with Crippen LogP contribution in [0.25, 0.3) is 0 Å². The first kappa shape index (κ1) is 15.2. The van der Waals surface area contributed by atoms with E-state index in [1.165, 1.54) is 19.3 Å². The van der Waals surface area contributed by atoms with Gasteiger partial charge in [-0.15, -0.1) is 0 Å². The summed E-state index contributed by atoms with van der Waals surface area (Å²) >= 11 is 3.37. The van der Waals surface area contributed by atoms with Gasteiger partial charge in [0.1, 0.15) is 0 Å². The Balaban J connectivity index is 2.48. The van der Waals surface area contributed by atoms with Crippen LogP contribution >= 0.6 is 15.9 Å². The van der Waals surface area contributed by atoms with Crippen molar-refractivity contribution in [3.8, 4) is 0 Å². The van der Waals surface area contributed by atoms with Gasteiger partial charge in [-0.2, -0.15) is 0 Å². The topological polar surface area (TPSA) is 29.1 Å². The molecule has 0 aliphatic heterocycles. The Morgan fingerprint density at radius 3 is 2.44 bits per heavy atom. The molecule has 0 aliphatic rings. The molecular formula is C15H22BrNO. The number of carbonyl (C=O) groups is 1. The fourth-order valence-electron chi connectivity index (χ4n) is 1.89. The second kappa shape index (κ2) is 8.30. The molecule has 0 aliphatic carbocycles. The van der Waals surface area contributed by atoms with Gasteiger partial charge in [-0.3, -0.25) is 4.79 Å². The third-order valence-corrected chi connectivity index (χ3v) is 3.62. The Morgan fingerprint density at radius 2 is 1.89 bits per heavy atom. The average Bonchev–Trinajstić information content (AvgIpc) is 2.38. The van der Waals surface area contributed by atoms with E-state index in [0.717, 1.165) is 22.9 Å². The summed E-state index contributed by atoms with van der Waals surface area (Å²) < 4.78 is 0.994. The predicted octanol–water partition coefficient (Wildman–Crippen LogP) is 4.54. The minimum absolute atomic E-state index is 0.0332. The van der Waals surface area contributed by atoms with E-state index in [-0.39, 0.29) is 5.91 Å². The standard InChI is InChI=1S/C15H22BrNO/c1-3-5-6-7-14(4-2)17-15(18)12-8-10-13(16)11-9-12/h8-11,14H,3-7H2,1-2H3,(H,17,18). The molecule has 0 aromatic heterocycles. The number of unbranched alkanes of at least 4 members (excludes halogenated alkanes) is 2. The summed E-state index contributed by atoms with van der Waals surface area (Å²) in [5.74, 6) is 0.0332. The second-order valence-electron chi connectivity index (χ2n) is 4.58. The molecule has 0 saturated heterocycles. The van der Waals surface area contributed by atoms with Crippen LogP contribution in [-0.4, -0.2) is 11.9 Å². The van der Waals surface area contributed by atoms with Gasteiger partial charge in [0.2, 0.25) is 0 Å². The van der Waals surface area contributed by atoms with Crippen molar-refractivity contribution in [2.45, 2.75) is 52.0 Å². The largest absolute Gasteiger partial charge is 0.349 e. The van der Waals surface area contributed by atoms with Gasteiger partial charge in [-0.25, -0.2) is 0 Å². The molecule has 0 spiro atoms. The van der Waals surface area contributed by atoms with E-state index in [2.05, 4.69) is 35.1 Å². The summed E-state index contributed by atoms with van der Waals surface area (Å²) in [6.45, 7) is 4.32. The lowest BCUT2D eigenvalue weighted by Crippen LogP contribution is -2.34. The van der Waals surface area contributed by atoms with E-state index in [9.17, 15) is 4.79 Å². The normalized spacial score (nSPS) is 12.2. The van der Waals surface area contributed by atoms with Crippen molar-refractivity contribution in [1.82, 2.24) is 5.32 Å². The number of halogens is 1. The summed E-state index contributed by atoms with van der Waals surface area (Å²) in [5.41, 5.74) is 0.729. The number of hydrogen-bond donors (Lipinski definition) is 1. The van der Waals surface area contributed by atoms with Crippen molar-refractivity contribution in [3.63, 3.8) is 0 Å². The number of benzene rings is 1. The predicted molar refractivity (Wildman–Crippen MR) is 79.8 cm³/mol. The van der Waals surface area contributed by atoms with Crippen LogP contribution in [0.3, 0.4) is 0 Å². The monoisotopic (exact) mass is 311 g/mol. The zero-order valence-electron chi connectivity index (χ0n) is 11.2. The van der Waals surface area contributed by atoms with Crippen LogP contribution in [0.5, 0.6) is 0 Å². The highest BCUT2D eigenvalue weighted by molar-refractivity contribution is 9.10. The Morgan fingerprint density at radius 1 is 1.22 bits per heavy atom. The molecule has 1 atom stereocenters. The van der Waals surface area contributed by atoms with Gasteiger partial charge >= 0.3 is 0 Å². The smallest absolute Gasteiger partial charge is 0.251 e. The molecule has 3 heteroatoms. The molecular weight excluding hydrogens is 290 g/mol. The third-order valence-electron chi connectivity index (χ3n) is 3.09. The third kappa shape index (κ3) is 5.21. The maximum absolute atomic E-state index is 12.0. The van der Waals surface area contributed by atoms with Gasteiger partial charge in [-0.1, -0.05) is 49.0 Å². The number of amides is 1. The van der Waals surface area contributed by atoms with Crippen LogP contribution in [0.15, 0.2) is 28.7 Å². The fraction of sp³-hybridized carbons (Fsp3) is 0.533. The Hall–Kier alpha value is -0.830. The molecule has 100 valence electrons. The number of carbonyl (C=O) groups excluding carboxylic acids is 1. The van der Waals surface area contributed by atoms with E-state index in [1.54, 1.807) is 0 Å². The molecule has 0 bridgehead atoms. The van der Waals surface area contributed by atoms with Crippen LogP contribution in [0.1, 0.15) is 56.3 Å². The molecule has 1 amide bonds. The van der Waals surface area contributed by atoms with Crippen LogP contribution in [-0.2, 0) is 0 Å². The molecule has 2 nitrogen and oxygen atoms in total. The van der Waals surface area contributed by atoms with Crippen molar-refractivity contribution in [2.75, 3.05) is 0 Å². The van der Waals surface area contributed by atoms with Crippen LogP contribution in [0, 0.1) is 0 Å². The lowest BCUT2D eigenvalue weighted by Gasteiger charge is -2.16. The summed E-state index contributed by atoms with van der Waals surface area (Å²) in [6, 6.07) is 7.78. The summed E-state index contributed by atoms with van der Waals surface area (Å²) in [6.07, 6.45) is 5.72. The molecule has 0 heterocycles. The zero-order valence-corrected chi connectivity index (χ0v) is 12.8. The highest BCUT2D eigenvalue weighted by Crippen LogP contribution is 2.12. The average molecular weight is 312 g/mol. The van der Waals surface area contributed by atoms with E-state index < -0.39 is 0 Å². The van der Waals surface area contributed by atoms with Crippen molar-refractivity contribution in [3.05, 3.63) is 34.3 Å². The Bertz CT molecular complexity index is 361. The second-order valence-corrected chi connectivity index (χ2v) is 5.50. The minimum Gasteiger partial charge on any atom is -0.349 e. The maximum Gasteiger partial charge on any atom is 0.251 e. The van der Waals surface area contributed by atoms with Crippen LogP contribution in [0.4, 0.5) is 0 Å². The molecule has 1 aromatic rings. The molecule has 0 saturated carbocycles. The van der Waals surface area contributed by atoms with Crippen molar-refractivity contribution in [1.29, 1.82) is 0 Å². The first-order valence-corrected chi connectivity index (χ1v) is 7.53. The molecule has 18 heavy (non-hydrogen) atoms. The lowest BCUT2D eigenvalue weighted by atomic mass is 10.1. The summed E-state index contributed by atoms with van der Waals surface area (Å²) in [7, 11) is 0. The van der Waals surface area contributed by atoms with Crippen molar-refractivity contribution >= 4 is 21.8 Å². The summed E-state index contributed by atoms with van der Waals surface area (Å²) in [5, 5.41) is 3.11. The zero-order chi connectivity index (χ0) is 13.4. The Kier molecular flexibility index (Phi) is 7.02. The first-order chi connectivity index (χ1) is 8.67. The van der Waals surface area contributed by atoms with Gasteiger partial charge in [0.25, 0.3) is 5.91 Å². The van der Waals surface area contributed by atoms with Gasteiger partial charge in [0.05, 0.1) is 0 Å². The van der Waals surface area contributed by atoms with Crippen molar-refractivity contribution < 1.29 is 4.79 Å². The van der Waals surface area contributed by atoms with E-state index in [4.69, 9.17) is 0 Å². The molecule has 1 rings (SSSR count). The van der Waals surface area contributed by atoms with Gasteiger partial charge < -0.3 is 5.32 Å². The molecule has 0 radical (unpaired) electrons. The molecule has 1 aromatic carbocycles. The van der Waals surface area contributed by atoms with E-state index >= 15 is 0 Å². The van der Waals surface area contributed by atoms with Crippen LogP contribution < -0.4 is 5.32 Å². The number of hydrogen-bond acceptors (Lipinski definition) is 1. The summed E-state index contributed by atoms with van der Waals surface area (Å²) in [4.78, 5) is 12.0. The minimum atomic E-state index is 0.0332. The van der Waals surface area contributed by atoms with Crippen molar-refractivity contribution in [2.24, 2.45) is 0 Å². The lowest BCUT2D eigenvalue weighted by molar-refractivity contribution is 0.0933. The van der Waals surface area contributed by atoms with Gasteiger partial charge in [0.15, 0.2) is 0 Å². The SMILES string of the molecule is CCCCCC(CC)NC(=O)c1ccc(Br)cc1. The van der Waals surface area contributed by atoms with E-state index in [0.29, 0.717) is 6.04 Å². The van der Waals surface area contributed by atoms with Crippen LogP contribution in [0.2, 0.25) is 0 Å². The fourth-order valence-corrected chi connectivity index (χ4v) is 2.15. The Labute approximate surface area is 118 Å². The molecule has 0 fully saturated rings. The number of rotatable bonds is 7. The van der Waals surface area contributed by atoms with Gasteiger partial charge in [0, 0.05) is 16.1 Å². The van der Waals surface area contributed by atoms with Gasteiger partial charge in [-0.05, 0) is 37.1 Å². The molecule has 1 N–H and O–H groups in total. The van der Waals surface area contributed by atoms with E-state index in [1.807, 2.05) is 24.3 Å². The number of nitrogens with one attached hydrogen (secondary N) is 1. The quantitative estimate of drug-likeness (QED) is 0.736.